The quantitative estimate of drug-likeness (QED) is 0.630. The number of nitrogens with one attached hydrogen (secondary N) is 1. The predicted octanol–water partition coefficient (Wildman–Crippen LogP) is 0.681. The van der Waals surface area contributed by atoms with Gasteiger partial charge in [-0.25, -0.2) is 9.97 Å². The van der Waals surface area contributed by atoms with Gasteiger partial charge in [0.2, 0.25) is 11.8 Å². The number of primary amides is 1. The number of nitrogens with two attached hydrogens (primary N) is 1. The molecule has 0 aliphatic rings. The highest BCUT2D eigenvalue weighted by atomic mass is 16.5. The maximum atomic E-state index is 11.9. The summed E-state index contributed by atoms with van der Waals surface area (Å²) < 4.78 is 15.8. The molecule has 9 heteroatoms. The lowest BCUT2D eigenvalue weighted by molar-refractivity contribution is -0.120. The van der Waals surface area contributed by atoms with Gasteiger partial charge >= 0.3 is 0 Å². The first kappa shape index (κ1) is 19.1. The van der Waals surface area contributed by atoms with Crippen molar-refractivity contribution in [3.05, 3.63) is 41.9 Å². The minimum atomic E-state index is -0.705. The summed E-state index contributed by atoms with van der Waals surface area (Å²) in [6.07, 6.45) is 2.70. The molecule has 0 aliphatic heterocycles. The summed E-state index contributed by atoms with van der Waals surface area (Å²) in [6, 6.07) is 5.03. The molecule has 2 rings (SSSR count). The molecule has 1 aromatic heterocycles. The highest BCUT2D eigenvalue weighted by molar-refractivity contribution is 5.94. The third-order valence-electron chi connectivity index (χ3n) is 3.37. The van der Waals surface area contributed by atoms with Crippen molar-refractivity contribution in [2.24, 2.45) is 5.73 Å². The number of nitrogens with zero attached hydrogens (tertiary/aromatic N) is 2. The van der Waals surface area contributed by atoms with Crippen LogP contribution in [0.15, 0.2) is 30.7 Å². The van der Waals surface area contributed by atoms with E-state index in [1.807, 2.05) is 0 Å². The molecule has 0 radical (unpaired) electrons. The Morgan fingerprint density at radius 2 is 2.04 bits per heavy atom. The Balaban J connectivity index is 2.14. The lowest BCUT2D eigenvalue weighted by Crippen LogP contribution is -2.28. The van der Waals surface area contributed by atoms with E-state index in [2.05, 4.69) is 15.3 Å². The van der Waals surface area contributed by atoms with Crippen LogP contribution < -0.4 is 20.5 Å². The number of amides is 2. The van der Waals surface area contributed by atoms with Crippen LogP contribution >= 0.6 is 0 Å². The zero-order chi connectivity index (χ0) is 18.9. The van der Waals surface area contributed by atoms with E-state index in [-0.39, 0.29) is 23.8 Å². The van der Waals surface area contributed by atoms with Crippen molar-refractivity contribution in [2.75, 3.05) is 27.4 Å². The smallest absolute Gasteiger partial charge is 0.255 e. The maximum absolute atomic E-state index is 11.9. The first-order chi connectivity index (χ1) is 12.5. The van der Waals surface area contributed by atoms with Gasteiger partial charge in [-0.1, -0.05) is 6.07 Å². The molecule has 0 saturated heterocycles. The second kappa shape index (κ2) is 9.33. The second-order valence-electron chi connectivity index (χ2n) is 5.21. The van der Waals surface area contributed by atoms with Gasteiger partial charge < -0.3 is 25.3 Å². The predicted molar refractivity (Wildman–Crippen MR) is 92.2 cm³/mol. The number of aromatic nitrogens is 2. The zero-order valence-corrected chi connectivity index (χ0v) is 14.5. The fourth-order valence-corrected chi connectivity index (χ4v) is 2.12. The molecular weight excluding hydrogens is 340 g/mol. The van der Waals surface area contributed by atoms with E-state index in [4.69, 9.17) is 19.9 Å². The summed E-state index contributed by atoms with van der Waals surface area (Å²) in [7, 11) is 3.04. The van der Waals surface area contributed by atoms with Crippen LogP contribution in [0.3, 0.4) is 0 Å². The molecular formula is C17H20N4O5. The highest BCUT2D eigenvalue weighted by Gasteiger charge is 2.15. The van der Waals surface area contributed by atoms with Crippen LogP contribution in [-0.2, 0) is 16.0 Å². The van der Waals surface area contributed by atoms with Gasteiger partial charge in [0.15, 0.2) is 11.5 Å². The first-order valence-electron chi connectivity index (χ1n) is 7.75. The van der Waals surface area contributed by atoms with Crippen molar-refractivity contribution in [3.8, 4) is 17.4 Å². The summed E-state index contributed by atoms with van der Waals surface area (Å²) >= 11 is 0. The van der Waals surface area contributed by atoms with E-state index in [0.717, 1.165) is 5.56 Å². The number of carbonyl (C=O) groups is 2. The zero-order valence-electron chi connectivity index (χ0n) is 14.5. The molecule has 3 N–H and O–H groups in total. The van der Waals surface area contributed by atoms with E-state index < -0.39 is 5.91 Å². The molecule has 9 nitrogen and oxygen atoms in total. The highest BCUT2D eigenvalue weighted by Crippen LogP contribution is 2.32. The van der Waals surface area contributed by atoms with Gasteiger partial charge in [0.1, 0.15) is 11.9 Å². The van der Waals surface area contributed by atoms with Crippen LogP contribution in [0.25, 0.3) is 0 Å². The van der Waals surface area contributed by atoms with Gasteiger partial charge in [-0.15, -0.1) is 0 Å². The van der Waals surface area contributed by atoms with Crippen molar-refractivity contribution < 1.29 is 23.8 Å². The molecule has 0 aliphatic carbocycles. The van der Waals surface area contributed by atoms with Crippen molar-refractivity contribution in [2.45, 2.75) is 6.42 Å². The third kappa shape index (κ3) is 5.15. The lowest BCUT2D eigenvalue weighted by Gasteiger charge is -2.12. The number of carbonyl (C=O) groups excluding carboxylic acids is 2. The molecule has 26 heavy (non-hydrogen) atoms. The average molecular weight is 360 g/mol. The SMILES string of the molecule is COCCNC(=O)Cc1ccc(Oc2ncncc2C(N)=O)c(OC)c1. The van der Waals surface area contributed by atoms with E-state index in [0.29, 0.717) is 24.7 Å². The summed E-state index contributed by atoms with van der Waals surface area (Å²) in [5.41, 5.74) is 6.07. The fourth-order valence-electron chi connectivity index (χ4n) is 2.12. The Morgan fingerprint density at radius 3 is 2.73 bits per heavy atom. The Morgan fingerprint density at radius 1 is 1.23 bits per heavy atom. The minimum Gasteiger partial charge on any atom is -0.493 e. The molecule has 2 aromatic rings. The van der Waals surface area contributed by atoms with E-state index in [9.17, 15) is 9.59 Å². The number of methoxy groups -OCH3 is 2. The van der Waals surface area contributed by atoms with Crippen LogP contribution in [0.2, 0.25) is 0 Å². The normalized spacial score (nSPS) is 10.2. The number of hydrogen-bond donors (Lipinski definition) is 2. The monoisotopic (exact) mass is 360 g/mol. The van der Waals surface area contributed by atoms with Crippen LogP contribution in [0.5, 0.6) is 17.4 Å². The fraction of sp³-hybridized carbons (Fsp3) is 0.294. The van der Waals surface area contributed by atoms with Gasteiger partial charge in [0.05, 0.1) is 20.1 Å². The van der Waals surface area contributed by atoms with Crippen LogP contribution in [0.4, 0.5) is 0 Å². The molecule has 0 spiro atoms. The molecule has 138 valence electrons. The number of benzene rings is 1. The Bertz CT molecular complexity index is 781. The Kier molecular flexibility index (Phi) is 6.86. The maximum Gasteiger partial charge on any atom is 0.255 e. The molecule has 0 fully saturated rings. The molecule has 0 unspecified atom stereocenters. The lowest BCUT2D eigenvalue weighted by atomic mass is 10.1. The average Bonchev–Trinajstić information content (AvgIpc) is 2.63. The van der Waals surface area contributed by atoms with Crippen LogP contribution in [0, 0.1) is 0 Å². The van der Waals surface area contributed by atoms with Crippen LogP contribution in [0.1, 0.15) is 15.9 Å². The Labute approximate surface area is 150 Å². The number of rotatable bonds is 9. The molecule has 0 atom stereocenters. The third-order valence-corrected chi connectivity index (χ3v) is 3.37. The topological polar surface area (TPSA) is 126 Å². The van der Waals surface area contributed by atoms with Gasteiger partial charge in [-0.05, 0) is 17.7 Å². The molecule has 1 heterocycles. The van der Waals surface area contributed by atoms with Crippen molar-refractivity contribution in [1.29, 1.82) is 0 Å². The van der Waals surface area contributed by atoms with Gasteiger partial charge in [0.25, 0.3) is 5.91 Å². The van der Waals surface area contributed by atoms with E-state index in [1.54, 1.807) is 25.3 Å². The van der Waals surface area contributed by atoms with Gasteiger partial charge in [0, 0.05) is 19.9 Å². The standard InChI is InChI=1S/C17H20N4O5/c1-24-6-5-20-15(22)8-11-3-4-13(14(7-11)25-2)26-17-12(16(18)23)9-19-10-21-17/h3-4,7,9-10H,5-6,8H2,1-2H3,(H2,18,23)(H,20,22). The molecule has 0 saturated carbocycles. The van der Waals surface area contributed by atoms with E-state index >= 15 is 0 Å². The van der Waals surface area contributed by atoms with Crippen molar-refractivity contribution >= 4 is 11.8 Å². The van der Waals surface area contributed by atoms with Gasteiger partial charge in [-0.3, -0.25) is 9.59 Å². The Hall–Kier alpha value is -3.20. The first-order valence-corrected chi connectivity index (χ1v) is 7.75. The summed E-state index contributed by atoms with van der Waals surface area (Å²) in [5, 5.41) is 2.74. The molecule has 2 amide bonds. The summed E-state index contributed by atoms with van der Waals surface area (Å²) in [4.78, 5) is 31.0. The minimum absolute atomic E-state index is 0.0239. The largest absolute Gasteiger partial charge is 0.493 e. The van der Waals surface area contributed by atoms with Crippen molar-refractivity contribution in [1.82, 2.24) is 15.3 Å². The second-order valence-corrected chi connectivity index (χ2v) is 5.21. The van der Waals surface area contributed by atoms with Gasteiger partial charge in [-0.2, -0.15) is 0 Å². The van der Waals surface area contributed by atoms with Crippen molar-refractivity contribution in [3.63, 3.8) is 0 Å². The number of ether oxygens (including phenoxy) is 3. The molecule has 1 aromatic carbocycles. The summed E-state index contributed by atoms with van der Waals surface area (Å²) in [6.45, 7) is 0.889. The number of hydrogen-bond acceptors (Lipinski definition) is 7. The van der Waals surface area contributed by atoms with E-state index in [1.165, 1.54) is 19.6 Å². The van der Waals surface area contributed by atoms with Crippen LogP contribution in [-0.4, -0.2) is 49.2 Å². The molecule has 0 bridgehead atoms. The summed E-state index contributed by atoms with van der Waals surface area (Å²) in [5.74, 6) is -0.0946.